The van der Waals surface area contributed by atoms with Crippen LogP contribution in [0.5, 0.6) is 0 Å². The van der Waals surface area contributed by atoms with Gasteiger partial charge in [0.25, 0.3) is 0 Å². The van der Waals surface area contributed by atoms with Crippen molar-refractivity contribution in [3.8, 4) is 23.7 Å². The van der Waals surface area contributed by atoms with Gasteiger partial charge in [-0.1, -0.05) is 283 Å². The second-order valence-corrected chi connectivity index (χ2v) is 19.9. The van der Waals surface area contributed by atoms with Crippen molar-refractivity contribution >= 4 is 31.9 Å². The molecule has 58 heavy (non-hydrogen) atoms. The quantitative estimate of drug-likeness (QED) is 0.0454. The van der Waals surface area contributed by atoms with Gasteiger partial charge in [-0.25, -0.2) is 0 Å². The summed E-state index contributed by atoms with van der Waals surface area (Å²) in [5.41, 5.74) is 2.20. The second kappa shape index (κ2) is 43.0. The molecule has 334 valence electrons. The fourth-order valence-electron chi connectivity index (χ4n) is 8.48. The second-order valence-electron chi connectivity index (χ2n) is 18.2. The highest BCUT2D eigenvalue weighted by Crippen LogP contribution is 2.27. The molecule has 0 spiro atoms. The van der Waals surface area contributed by atoms with Gasteiger partial charge in [0.1, 0.15) is 0 Å². The minimum atomic E-state index is 0.502. The van der Waals surface area contributed by atoms with E-state index >= 15 is 0 Å². The molecule has 1 rings (SSSR count). The predicted octanol–water partition coefficient (Wildman–Crippen LogP) is 20.8. The van der Waals surface area contributed by atoms with E-state index in [9.17, 15) is 0 Å². The van der Waals surface area contributed by atoms with Crippen LogP contribution in [0.25, 0.3) is 0 Å². The van der Waals surface area contributed by atoms with Crippen molar-refractivity contribution in [1.29, 1.82) is 0 Å². The Hall–Kier alpha value is -0.700. The summed E-state index contributed by atoms with van der Waals surface area (Å²) in [6, 6.07) is 4.45. The Bertz CT molecular complexity index is 1070. The number of halogens is 2. The summed E-state index contributed by atoms with van der Waals surface area (Å²) in [7, 11) is 0. The zero-order chi connectivity index (χ0) is 42.0. The summed E-state index contributed by atoms with van der Waals surface area (Å²) in [5, 5.41) is 0. The zero-order valence-electron chi connectivity index (χ0n) is 39.3. The molecule has 0 radical (unpaired) electrons. The van der Waals surface area contributed by atoms with Gasteiger partial charge in [-0.15, -0.1) is 0 Å². The van der Waals surface area contributed by atoms with Crippen molar-refractivity contribution in [2.45, 2.75) is 285 Å². The van der Waals surface area contributed by atoms with Crippen molar-refractivity contribution in [1.82, 2.24) is 0 Å². The summed E-state index contributed by atoms with van der Waals surface area (Å²) in [5.74, 6) is 15.9. The van der Waals surface area contributed by atoms with Gasteiger partial charge in [0.15, 0.2) is 0 Å². The molecule has 0 heterocycles. The Balaban J connectivity index is 2.83. The Morgan fingerprint density at radius 3 is 0.707 bits per heavy atom. The summed E-state index contributed by atoms with van der Waals surface area (Å²) in [4.78, 5) is 0. The monoisotopic (exact) mass is 927 g/mol. The van der Waals surface area contributed by atoms with Crippen molar-refractivity contribution in [3.05, 3.63) is 32.2 Å². The van der Waals surface area contributed by atoms with Gasteiger partial charge < -0.3 is 0 Å². The minimum absolute atomic E-state index is 0.502. The highest BCUT2D eigenvalue weighted by molar-refractivity contribution is 9.11. The Labute approximate surface area is 381 Å². The first kappa shape index (κ1) is 55.3. The van der Waals surface area contributed by atoms with Gasteiger partial charge in [0, 0.05) is 31.9 Å². The average Bonchev–Trinajstić information content (AvgIpc) is 3.22. The maximum atomic E-state index is 3.92. The van der Waals surface area contributed by atoms with Crippen LogP contribution in [0.4, 0.5) is 0 Å². The third kappa shape index (κ3) is 34.0. The van der Waals surface area contributed by atoms with Gasteiger partial charge in [-0.2, -0.15) is 0 Å². The normalized spacial score (nSPS) is 12.2. The van der Waals surface area contributed by atoms with Crippen LogP contribution >= 0.6 is 31.9 Å². The van der Waals surface area contributed by atoms with Crippen molar-refractivity contribution in [2.24, 2.45) is 11.8 Å². The summed E-state index contributed by atoms with van der Waals surface area (Å²) in [6.45, 7) is 9.24. The van der Waals surface area contributed by atoms with E-state index in [1.165, 1.54) is 257 Å². The lowest BCUT2D eigenvalue weighted by Gasteiger charge is -2.12. The highest BCUT2D eigenvalue weighted by Gasteiger charge is 2.10. The smallest absolute Gasteiger partial charge is 0.0399 e. The highest BCUT2D eigenvalue weighted by atomic mass is 79.9. The number of hydrogen-bond donors (Lipinski definition) is 0. The molecule has 2 unspecified atom stereocenters. The number of hydrogen-bond acceptors (Lipinski definition) is 0. The first-order chi connectivity index (χ1) is 28.5. The Kier molecular flexibility index (Phi) is 41.0. The molecule has 0 aliphatic heterocycles. The molecule has 0 aliphatic carbocycles. The van der Waals surface area contributed by atoms with E-state index < -0.39 is 0 Å². The van der Waals surface area contributed by atoms with Crippen LogP contribution in [-0.4, -0.2) is 0 Å². The van der Waals surface area contributed by atoms with E-state index in [2.05, 4.69) is 95.4 Å². The summed E-state index contributed by atoms with van der Waals surface area (Å²) < 4.78 is 2.18. The van der Waals surface area contributed by atoms with Gasteiger partial charge in [-0.05, 0) is 69.7 Å². The van der Waals surface area contributed by atoms with Crippen LogP contribution < -0.4 is 0 Å². The molecule has 1 aromatic rings. The Morgan fingerprint density at radius 2 is 0.500 bits per heavy atom. The van der Waals surface area contributed by atoms with Crippen LogP contribution in [0.2, 0.25) is 0 Å². The van der Waals surface area contributed by atoms with E-state index in [1.807, 2.05) is 0 Å². The fraction of sp³-hybridized carbons (Fsp3) is 0.821. The lowest BCUT2D eigenvalue weighted by Crippen LogP contribution is -1.99. The van der Waals surface area contributed by atoms with Gasteiger partial charge in [0.05, 0.1) is 0 Å². The molecule has 0 saturated heterocycles. The van der Waals surface area contributed by atoms with Crippen LogP contribution in [0.3, 0.4) is 0 Å². The first-order valence-corrected chi connectivity index (χ1v) is 27.7. The summed E-state index contributed by atoms with van der Waals surface area (Å²) >= 11 is 7.85. The average molecular weight is 929 g/mol. The van der Waals surface area contributed by atoms with E-state index in [4.69, 9.17) is 0 Å². The number of unbranched alkanes of at least 4 members (excludes halogenated alkanes) is 32. The molecule has 2 heteroatoms. The maximum absolute atomic E-state index is 3.92. The molecule has 0 amide bonds. The lowest BCUT2D eigenvalue weighted by atomic mass is 9.93. The molecule has 0 fully saturated rings. The van der Waals surface area contributed by atoms with Gasteiger partial charge >= 0.3 is 0 Å². The molecule has 0 aliphatic rings. The van der Waals surface area contributed by atoms with Crippen LogP contribution in [0.1, 0.15) is 296 Å². The van der Waals surface area contributed by atoms with Crippen molar-refractivity contribution in [3.63, 3.8) is 0 Å². The zero-order valence-corrected chi connectivity index (χ0v) is 42.5. The molecular formula is C56H96Br2. The van der Waals surface area contributed by atoms with Crippen LogP contribution in [0, 0.1) is 35.5 Å². The molecule has 1 aromatic carbocycles. The molecular weight excluding hydrogens is 832 g/mol. The van der Waals surface area contributed by atoms with E-state index in [0.29, 0.717) is 11.8 Å². The van der Waals surface area contributed by atoms with Crippen molar-refractivity contribution in [2.75, 3.05) is 0 Å². The third-order valence-corrected chi connectivity index (χ3v) is 13.8. The third-order valence-electron chi connectivity index (χ3n) is 12.5. The predicted molar refractivity (Wildman–Crippen MR) is 270 cm³/mol. The van der Waals surface area contributed by atoms with Crippen molar-refractivity contribution < 1.29 is 0 Å². The topological polar surface area (TPSA) is 0 Å². The lowest BCUT2D eigenvalue weighted by molar-refractivity contribution is 0.472. The molecule has 2 atom stereocenters. The van der Waals surface area contributed by atoms with Crippen LogP contribution in [-0.2, 0) is 0 Å². The van der Waals surface area contributed by atoms with Crippen LogP contribution in [0.15, 0.2) is 21.1 Å². The standard InChI is InChI=1S/C56H96Br2/c1-5-9-13-17-21-25-27-31-35-39-43-51(41-37-33-29-23-19-15-11-7-3)45-47-53-49-56(58)54(50-55(53)57)48-46-52(42-38-34-30-24-20-16-12-8-4)44-40-36-32-28-26-22-18-14-10-6-2/h49-52H,5-44H2,1-4H3. The minimum Gasteiger partial charge on any atom is -0.0944 e. The molecule has 0 bridgehead atoms. The molecule has 0 aromatic heterocycles. The molecule has 0 saturated carbocycles. The van der Waals surface area contributed by atoms with E-state index in [1.54, 1.807) is 0 Å². The first-order valence-electron chi connectivity index (χ1n) is 26.1. The van der Waals surface area contributed by atoms with E-state index in [0.717, 1.165) is 20.1 Å². The molecule has 0 N–H and O–H groups in total. The number of rotatable bonds is 40. The fourth-order valence-corrected chi connectivity index (χ4v) is 9.37. The van der Waals surface area contributed by atoms with Gasteiger partial charge in [-0.3, -0.25) is 0 Å². The van der Waals surface area contributed by atoms with E-state index in [-0.39, 0.29) is 0 Å². The SMILES string of the molecule is CCCCCCCCCCCCC(C#Cc1cc(Br)c(C#CC(CCCCCCCCCC)CCCCCCCCCCCC)cc1Br)CCCCCCCCCC. The number of benzene rings is 1. The maximum Gasteiger partial charge on any atom is 0.0399 e. The van der Waals surface area contributed by atoms with Gasteiger partial charge in [0.2, 0.25) is 0 Å². The summed E-state index contributed by atoms with van der Waals surface area (Å²) in [6.07, 6.45) is 55.0. The largest absolute Gasteiger partial charge is 0.0944 e. The Morgan fingerprint density at radius 1 is 0.310 bits per heavy atom. The molecule has 0 nitrogen and oxygen atoms in total.